The summed E-state index contributed by atoms with van der Waals surface area (Å²) in [5.74, 6) is 0.798. The molecule has 0 radical (unpaired) electrons. The number of aliphatic hydroxyl groups excluding tert-OH is 1. The number of amides is 1. The standard InChI is InChI=1S/C17H22N2O3/c1-13(7-8-16-6-3-11-22-16)19-15-5-2-4-14(12-15)17(21)18-9-10-20/h2-6,11-13,19-20H,7-10H2,1H3,(H,18,21). The molecular weight excluding hydrogens is 280 g/mol. The monoisotopic (exact) mass is 302 g/mol. The van der Waals surface area contributed by atoms with Crippen LogP contribution in [-0.2, 0) is 6.42 Å². The summed E-state index contributed by atoms with van der Waals surface area (Å²) in [6, 6.07) is 11.5. The average molecular weight is 302 g/mol. The van der Waals surface area contributed by atoms with E-state index in [0.29, 0.717) is 5.56 Å². The molecule has 1 heterocycles. The van der Waals surface area contributed by atoms with Gasteiger partial charge in [-0.25, -0.2) is 0 Å². The van der Waals surface area contributed by atoms with Crippen molar-refractivity contribution in [2.45, 2.75) is 25.8 Å². The van der Waals surface area contributed by atoms with Crippen molar-refractivity contribution in [1.82, 2.24) is 5.32 Å². The Morgan fingerprint density at radius 2 is 2.18 bits per heavy atom. The Bertz CT molecular complexity index is 581. The molecule has 1 aromatic carbocycles. The summed E-state index contributed by atoms with van der Waals surface area (Å²) in [6.45, 7) is 2.30. The van der Waals surface area contributed by atoms with Gasteiger partial charge in [0.1, 0.15) is 5.76 Å². The summed E-state index contributed by atoms with van der Waals surface area (Å²) in [7, 11) is 0. The number of hydrogen-bond acceptors (Lipinski definition) is 4. The smallest absolute Gasteiger partial charge is 0.251 e. The number of nitrogens with one attached hydrogen (secondary N) is 2. The third-order valence-corrected chi connectivity index (χ3v) is 3.34. The van der Waals surface area contributed by atoms with Crippen LogP contribution < -0.4 is 10.6 Å². The molecule has 118 valence electrons. The van der Waals surface area contributed by atoms with Crippen LogP contribution in [-0.4, -0.2) is 30.2 Å². The van der Waals surface area contributed by atoms with Crippen LogP contribution in [0.3, 0.4) is 0 Å². The molecule has 0 saturated carbocycles. The predicted octanol–water partition coefficient (Wildman–Crippen LogP) is 2.43. The van der Waals surface area contributed by atoms with Gasteiger partial charge >= 0.3 is 0 Å². The fourth-order valence-corrected chi connectivity index (χ4v) is 2.19. The average Bonchev–Trinajstić information content (AvgIpc) is 3.04. The Balaban J connectivity index is 1.87. The van der Waals surface area contributed by atoms with Crippen LogP contribution in [0.4, 0.5) is 5.69 Å². The maximum absolute atomic E-state index is 11.9. The predicted molar refractivity (Wildman–Crippen MR) is 86.0 cm³/mol. The van der Waals surface area contributed by atoms with E-state index in [1.165, 1.54) is 0 Å². The summed E-state index contributed by atoms with van der Waals surface area (Å²) in [6.07, 6.45) is 3.49. The molecule has 3 N–H and O–H groups in total. The fourth-order valence-electron chi connectivity index (χ4n) is 2.19. The van der Waals surface area contributed by atoms with Gasteiger partial charge in [-0.05, 0) is 43.7 Å². The van der Waals surface area contributed by atoms with Crippen LogP contribution in [0.5, 0.6) is 0 Å². The van der Waals surface area contributed by atoms with Gasteiger partial charge in [0.15, 0.2) is 0 Å². The van der Waals surface area contributed by atoms with Crippen LogP contribution in [0.25, 0.3) is 0 Å². The maximum Gasteiger partial charge on any atom is 0.251 e. The van der Waals surface area contributed by atoms with E-state index in [2.05, 4.69) is 17.6 Å². The molecule has 5 nitrogen and oxygen atoms in total. The number of anilines is 1. The number of rotatable bonds is 8. The van der Waals surface area contributed by atoms with Gasteiger partial charge in [-0.3, -0.25) is 4.79 Å². The number of carbonyl (C=O) groups is 1. The van der Waals surface area contributed by atoms with E-state index in [1.54, 1.807) is 12.3 Å². The lowest BCUT2D eigenvalue weighted by atomic mass is 10.1. The third kappa shape index (κ3) is 4.93. The molecule has 1 atom stereocenters. The molecule has 2 rings (SSSR count). The van der Waals surface area contributed by atoms with Crippen molar-refractivity contribution in [3.63, 3.8) is 0 Å². The minimum absolute atomic E-state index is 0.0620. The highest BCUT2D eigenvalue weighted by Crippen LogP contribution is 2.14. The van der Waals surface area contributed by atoms with Crippen molar-refractivity contribution in [2.24, 2.45) is 0 Å². The second-order valence-corrected chi connectivity index (χ2v) is 5.22. The zero-order valence-corrected chi connectivity index (χ0v) is 12.7. The number of aryl methyl sites for hydroxylation is 1. The molecule has 0 saturated heterocycles. The highest BCUT2D eigenvalue weighted by Gasteiger charge is 2.08. The SMILES string of the molecule is CC(CCc1ccco1)Nc1cccc(C(=O)NCCO)c1. The summed E-state index contributed by atoms with van der Waals surface area (Å²) in [5.41, 5.74) is 1.49. The van der Waals surface area contributed by atoms with E-state index in [9.17, 15) is 4.79 Å². The summed E-state index contributed by atoms with van der Waals surface area (Å²) >= 11 is 0. The van der Waals surface area contributed by atoms with Crippen LogP contribution in [0.15, 0.2) is 47.1 Å². The van der Waals surface area contributed by atoms with E-state index < -0.39 is 0 Å². The van der Waals surface area contributed by atoms with Crippen LogP contribution in [0.2, 0.25) is 0 Å². The first-order valence-electron chi connectivity index (χ1n) is 7.47. The first kappa shape index (κ1) is 16.1. The minimum Gasteiger partial charge on any atom is -0.469 e. The zero-order valence-electron chi connectivity index (χ0n) is 12.7. The molecule has 1 aromatic heterocycles. The van der Waals surface area contributed by atoms with Crippen molar-refractivity contribution < 1.29 is 14.3 Å². The Hall–Kier alpha value is -2.27. The molecule has 0 aliphatic heterocycles. The van der Waals surface area contributed by atoms with Gasteiger partial charge in [0.05, 0.1) is 12.9 Å². The molecule has 1 amide bonds. The Kier molecular flexibility index (Phi) is 6.03. The maximum atomic E-state index is 11.9. The molecule has 22 heavy (non-hydrogen) atoms. The normalized spacial score (nSPS) is 11.9. The van der Waals surface area contributed by atoms with E-state index >= 15 is 0 Å². The molecule has 0 spiro atoms. The molecule has 0 bridgehead atoms. The third-order valence-electron chi connectivity index (χ3n) is 3.34. The fraction of sp³-hybridized carbons (Fsp3) is 0.353. The van der Waals surface area contributed by atoms with Gasteiger partial charge in [0, 0.05) is 30.3 Å². The highest BCUT2D eigenvalue weighted by molar-refractivity contribution is 5.95. The van der Waals surface area contributed by atoms with Gasteiger partial charge in [0.25, 0.3) is 5.91 Å². The lowest BCUT2D eigenvalue weighted by Crippen LogP contribution is -2.26. The van der Waals surface area contributed by atoms with Gasteiger partial charge in [-0.1, -0.05) is 6.07 Å². The first-order chi connectivity index (χ1) is 10.7. The Labute approximate surface area is 130 Å². The Morgan fingerprint density at radius 1 is 1.32 bits per heavy atom. The molecule has 1 unspecified atom stereocenters. The van der Waals surface area contributed by atoms with Crippen molar-refractivity contribution in [3.8, 4) is 0 Å². The van der Waals surface area contributed by atoms with Crippen LogP contribution >= 0.6 is 0 Å². The van der Waals surface area contributed by atoms with Gasteiger partial charge in [-0.15, -0.1) is 0 Å². The van der Waals surface area contributed by atoms with Crippen LogP contribution in [0.1, 0.15) is 29.5 Å². The van der Waals surface area contributed by atoms with Crippen molar-refractivity contribution >= 4 is 11.6 Å². The number of aliphatic hydroxyl groups is 1. The minimum atomic E-state index is -0.180. The van der Waals surface area contributed by atoms with Crippen molar-refractivity contribution in [2.75, 3.05) is 18.5 Å². The molecule has 0 aliphatic carbocycles. The second-order valence-electron chi connectivity index (χ2n) is 5.22. The molecule has 2 aromatic rings. The van der Waals surface area contributed by atoms with Gasteiger partial charge in [0.2, 0.25) is 0 Å². The molecule has 0 fully saturated rings. The van der Waals surface area contributed by atoms with E-state index in [1.807, 2.05) is 30.3 Å². The molecular formula is C17H22N2O3. The number of benzene rings is 1. The van der Waals surface area contributed by atoms with Crippen molar-refractivity contribution in [3.05, 3.63) is 54.0 Å². The lowest BCUT2D eigenvalue weighted by Gasteiger charge is -2.15. The summed E-state index contributed by atoms with van der Waals surface area (Å²) in [5, 5.41) is 14.8. The lowest BCUT2D eigenvalue weighted by molar-refractivity contribution is 0.0945. The van der Waals surface area contributed by atoms with Crippen molar-refractivity contribution in [1.29, 1.82) is 0 Å². The number of furan rings is 1. The number of hydrogen-bond donors (Lipinski definition) is 3. The second kappa shape index (κ2) is 8.24. The number of carbonyl (C=O) groups excluding carboxylic acids is 1. The molecule has 5 heteroatoms. The highest BCUT2D eigenvalue weighted by atomic mass is 16.3. The summed E-state index contributed by atoms with van der Waals surface area (Å²) in [4.78, 5) is 11.9. The molecule has 0 aliphatic rings. The largest absolute Gasteiger partial charge is 0.469 e. The van der Waals surface area contributed by atoms with E-state index in [-0.39, 0.29) is 25.1 Å². The van der Waals surface area contributed by atoms with E-state index in [4.69, 9.17) is 9.52 Å². The topological polar surface area (TPSA) is 74.5 Å². The Morgan fingerprint density at radius 3 is 2.91 bits per heavy atom. The van der Waals surface area contributed by atoms with E-state index in [0.717, 1.165) is 24.3 Å². The van der Waals surface area contributed by atoms with Crippen LogP contribution in [0, 0.1) is 0 Å². The zero-order chi connectivity index (χ0) is 15.8. The van der Waals surface area contributed by atoms with Gasteiger partial charge < -0.3 is 20.2 Å². The quantitative estimate of drug-likeness (QED) is 0.700. The summed E-state index contributed by atoms with van der Waals surface area (Å²) < 4.78 is 5.32. The first-order valence-corrected chi connectivity index (χ1v) is 7.47. The van der Waals surface area contributed by atoms with Gasteiger partial charge in [-0.2, -0.15) is 0 Å².